The van der Waals surface area contributed by atoms with Crippen molar-refractivity contribution in [2.45, 2.75) is 31.7 Å². The van der Waals surface area contributed by atoms with Crippen LogP contribution in [0, 0.1) is 0 Å². The van der Waals surface area contributed by atoms with E-state index in [9.17, 15) is 4.79 Å². The van der Waals surface area contributed by atoms with Crippen LogP contribution in [0.2, 0.25) is 5.02 Å². The Hall–Kier alpha value is -2.34. The highest BCUT2D eigenvalue weighted by molar-refractivity contribution is 6.30. The van der Waals surface area contributed by atoms with Crippen molar-refractivity contribution < 1.29 is 4.79 Å². The van der Waals surface area contributed by atoms with Crippen LogP contribution in [0.15, 0.2) is 30.6 Å². The van der Waals surface area contributed by atoms with Gasteiger partial charge in [0.2, 0.25) is 0 Å². The van der Waals surface area contributed by atoms with Gasteiger partial charge in [0.1, 0.15) is 11.6 Å². The first kappa shape index (κ1) is 16.5. The lowest BCUT2D eigenvalue weighted by atomic mass is 10.1. The Morgan fingerprint density at radius 1 is 1.17 bits per heavy atom. The second kappa shape index (κ2) is 7.49. The lowest BCUT2D eigenvalue weighted by Crippen LogP contribution is -2.23. The second-order valence-electron chi connectivity index (χ2n) is 5.81. The maximum absolute atomic E-state index is 12.1. The Morgan fingerprint density at radius 2 is 1.92 bits per heavy atom. The number of aromatic nitrogens is 2. The largest absolute Gasteiger partial charge is 0.382 e. The van der Waals surface area contributed by atoms with Gasteiger partial charge in [0.25, 0.3) is 5.91 Å². The molecule has 0 aromatic carbocycles. The normalized spacial score (nSPS) is 14.4. The molecule has 1 aliphatic carbocycles. The van der Waals surface area contributed by atoms with Gasteiger partial charge < -0.3 is 16.0 Å². The van der Waals surface area contributed by atoms with Gasteiger partial charge in [-0.15, -0.1) is 0 Å². The molecule has 1 saturated carbocycles. The van der Waals surface area contributed by atoms with E-state index in [0.29, 0.717) is 28.3 Å². The van der Waals surface area contributed by atoms with Gasteiger partial charge in [-0.25, -0.2) is 9.97 Å². The van der Waals surface area contributed by atoms with Crippen molar-refractivity contribution in [2.24, 2.45) is 0 Å². The number of halogens is 1. The fourth-order valence-electron chi connectivity index (χ4n) is 2.83. The Kier molecular flexibility index (Phi) is 5.15. The maximum atomic E-state index is 12.1. The third-order valence-electron chi connectivity index (χ3n) is 4.07. The number of rotatable bonds is 5. The van der Waals surface area contributed by atoms with Crippen LogP contribution < -0.4 is 16.0 Å². The minimum absolute atomic E-state index is 0.154. The van der Waals surface area contributed by atoms with E-state index in [0.717, 1.165) is 18.5 Å². The van der Waals surface area contributed by atoms with Crippen molar-refractivity contribution in [2.75, 3.05) is 17.7 Å². The van der Waals surface area contributed by atoms with Gasteiger partial charge in [0.05, 0.1) is 16.3 Å². The van der Waals surface area contributed by atoms with Gasteiger partial charge in [-0.2, -0.15) is 0 Å². The summed E-state index contributed by atoms with van der Waals surface area (Å²) in [7, 11) is 1.62. The molecule has 2 aromatic rings. The van der Waals surface area contributed by atoms with Gasteiger partial charge in [0.15, 0.2) is 0 Å². The molecular formula is C17H20ClN5O. The van der Waals surface area contributed by atoms with Crippen LogP contribution in [0.25, 0.3) is 0 Å². The van der Waals surface area contributed by atoms with Crippen LogP contribution in [0.1, 0.15) is 36.0 Å². The first-order valence-electron chi connectivity index (χ1n) is 8.03. The molecule has 0 atom stereocenters. The number of nitrogens with zero attached hydrogens (tertiary/aromatic N) is 2. The predicted molar refractivity (Wildman–Crippen MR) is 96.0 cm³/mol. The van der Waals surface area contributed by atoms with E-state index < -0.39 is 0 Å². The lowest BCUT2D eigenvalue weighted by Gasteiger charge is -2.17. The van der Waals surface area contributed by atoms with Crippen molar-refractivity contribution in [1.29, 1.82) is 0 Å². The summed E-state index contributed by atoms with van der Waals surface area (Å²) in [5.41, 5.74) is 1.33. The zero-order valence-electron chi connectivity index (χ0n) is 13.5. The molecule has 0 unspecified atom stereocenters. The molecule has 2 heterocycles. The topological polar surface area (TPSA) is 78.9 Å². The molecule has 0 aliphatic heterocycles. The maximum Gasteiger partial charge on any atom is 0.254 e. The van der Waals surface area contributed by atoms with Gasteiger partial charge in [-0.05, 0) is 25.0 Å². The highest BCUT2D eigenvalue weighted by Gasteiger charge is 2.19. The number of carbonyl (C=O) groups is 1. The zero-order valence-corrected chi connectivity index (χ0v) is 14.2. The lowest BCUT2D eigenvalue weighted by molar-refractivity contribution is 0.0963. The summed E-state index contributed by atoms with van der Waals surface area (Å²) in [6.07, 6.45) is 7.83. The van der Waals surface area contributed by atoms with Gasteiger partial charge in [0, 0.05) is 31.5 Å². The number of anilines is 3. The summed E-state index contributed by atoms with van der Waals surface area (Å²) in [5.74, 6) is 1.11. The van der Waals surface area contributed by atoms with E-state index in [1.807, 2.05) is 6.07 Å². The molecule has 1 amide bonds. The van der Waals surface area contributed by atoms with Gasteiger partial charge >= 0.3 is 0 Å². The Balaban J connectivity index is 1.84. The van der Waals surface area contributed by atoms with E-state index in [1.165, 1.54) is 12.8 Å². The van der Waals surface area contributed by atoms with Crippen molar-refractivity contribution >= 4 is 34.8 Å². The van der Waals surface area contributed by atoms with Crippen LogP contribution in [0.4, 0.5) is 17.3 Å². The molecule has 0 spiro atoms. The number of amides is 1. The van der Waals surface area contributed by atoms with Crippen molar-refractivity contribution in [3.8, 4) is 0 Å². The third kappa shape index (κ3) is 3.94. The zero-order chi connectivity index (χ0) is 16.9. The molecule has 0 radical (unpaired) electrons. The van der Waals surface area contributed by atoms with Gasteiger partial charge in [-0.3, -0.25) is 4.79 Å². The highest BCUT2D eigenvalue weighted by Crippen LogP contribution is 2.26. The van der Waals surface area contributed by atoms with Crippen molar-refractivity contribution in [1.82, 2.24) is 15.3 Å². The standard InChI is InChI=1S/C17H20ClN5O/c1-19-17(24)13-10-21-16(23-15-7-6-11(18)9-20-15)8-14(13)22-12-4-2-3-5-12/h6-10,12H,2-5H2,1H3,(H,19,24)(H2,20,21,22,23). The van der Waals surface area contributed by atoms with E-state index in [1.54, 1.807) is 31.6 Å². The van der Waals surface area contributed by atoms with Crippen molar-refractivity contribution in [3.63, 3.8) is 0 Å². The van der Waals surface area contributed by atoms with E-state index in [-0.39, 0.29) is 5.91 Å². The summed E-state index contributed by atoms with van der Waals surface area (Å²) in [6, 6.07) is 5.78. The smallest absolute Gasteiger partial charge is 0.254 e. The number of carbonyl (C=O) groups excluding carboxylic acids is 1. The Morgan fingerprint density at radius 3 is 2.58 bits per heavy atom. The number of hydrogen-bond acceptors (Lipinski definition) is 5. The fraction of sp³-hybridized carbons (Fsp3) is 0.353. The van der Waals surface area contributed by atoms with Crippen LogP contribution in [0.3, 0.4) is 0 Å². The number of nitrogens with one attached hydrogen (secondary N) is 3. The minimum atomic E-state index is -0.154. The third-order valence-corrected chi connectivity index (χ3v) is 4.30. The molecule has 24 heavy (non-hydrogen) atoms. The molecule has 0 bridgehead atoms. The SMILES string of the molecule is CNC(=O)c1cnc(Nc2ccc(Cl)cn2)cc1NC1CCCC1. The average Bonchev–Trinajstić information content (AvgIpc) is 3.09. The average molecular weight is 346 g/mol. The first-order valence-corrected chi connectivity index (χ1v) is 8.41. The molecule has 6 nitrogen and oxygen atoms in total. The molecule has 3 N–H and O–H groups in total. The molecule has 3 rings (SSSR count). The molecular weight excluding hydrogens is 326 g/mol. The minimum Gasteiger partial charge on any atom is -0.382 e. The first-order chi connectivity index (χ1) is 11.7. The molecule has 1 fully saturated rings. The number of hydrogen-bond donors (Lipinski definition) is 3. The van der Waals surface area contributed by atoms with Gasteiger partial charge in [-0.1, -0.05) is 24.4 Å². The Bertz CT molecular complexity index is 713. The van der Waals surface area contributed by atoms with E-state index >= 15 is 0 Å². The summed E-state index contributed by atoms with van der Waals surface area (Å²) in [5, 5.41) is 9.84. The van der Waals surface area contributed by atoms with E-state index in [4.69, 9.17) is 11.6 Å². The molecule has 126 valence electrons. The Labute approximate surface area is 146 Å². The van der Waals surface area contributed by atoms with Crippen molar-refractivity contribution in [3.05, 3.63) is 41.2 Å². The quantitative estimate of drug-likeness (QED) is 0.771. The van der Waals surface area contributed by atoms with Crippen LogP contribution in [-0.2, 0) is 0 Å². The monoisotopic (exact) mass is 345 g/mol. The fourth-order valence-corrected chi connectivity index (χ4v) is 2.94. The molecule has 1 aliphatic rings. The van der Waals surface area contributed by atoms with Crippen LogP contribution >= 0.6 is 11.6 Å². The predicted octanol–water partition coefficient (Wildman–Crippen LogP) is 3.59. The summed E-state index contributed by atoms with van der Waals surface area (Å²) < 4.78 is 0. The van der Waals surface area contributed by atoms with E-state index in [2.05, 4.69) is 25.9 Å². The highest BCUT2D eigenvalue weighted by atomic mass is 35.5. The van der Waals surface area contributed by atoms with Crippen LogP contribution in [-0.4, -0.2) is 29.0 Å². The summed E-state index contributed by atoms with van der Waals surface area (Å²) in [4.78, 5) is 20.6. The second-order valence-corrected chi connectivity index (χ2v) is 6.24. The summed E-state index contributed by atoms with van der Waals surface area (Å²) in [6.45, 7) is 0. The van der Waals surface area contributed by atoms with Crippen LogP contribution in [0.5, 0.6) is 0 Å². The number of pyridine rings is 2. The molecule has 7 heteroatoms. The molecule has 2 aromatic heterocycles. The summed E-state index contributed by atoms with van der Waals surface area (Å²) >= 11 is 5.85. The molecule has 0 saturated heterocycles.